The van der Waals surface area contributed by atoms with E-state index < -0.39 is 10.0 Å². The van der Waals surface area contributed by atoms with Crippen molar-refractivity contribution in [3.63, 3.8) is 0 Å². The highest BCUT2D eigenvalue weighted by Crippen LogP contribution is 2.33. The van der Waals surface area contributed by atoms with Crippen LogP contribution in [0.4, 0.5) is 16.5 Å². The van der Waals surface area contributed by atoms with Crippen molar-refractivity contribution in [1.82, 2.24) is 4.98 Å². The van der Waals surface area contributed by atoms with E-state index in [9.17, 15) is 8.42 Å². The molecule has 0 bridgehead atoms. The van der Waals surface area contributed by atoms with Gasteiger partial charge in [0, 0.05) is 26.3 Å². The Morgan fingerprint density at radius 2 is 1.80 bits per heavy atom. The Bertz CT molecular complexity index is 999. The van der Waals surface area contributed by atoms with E-state index in [2.05, 4.69) is 31.0 Å². The predicted octanol–water partition coefficient (Wildman–Crippen LogP) is 5.00. The number of nitrogens with zero attached hydrogens (tertiary/aromatic N) is 1. The van der Waals surface area contributed by atoms with Crippen molar-refractivity contribution in [2.24, 2.45) is 0 Å². The highest BCUT2D eigenvalue weighted by molar-refractivity contribution is 9.10. The molecule has 0 saturated carbocycles. The smallest absolute Gasteiger partial charge is 0.229 e. The molecule has 2 aromatic carbocycles. The molecule has 0 aliphatic heterocycles. The summed E-state index contributed by atoms with van der Waals surface area (Å²) in [5.41, 5.74) is 3.32. The van der Waals surface area contributed by atoms with Gasteiger partial charge in [-0.2, -0.15) is 0 Å². The van der Waals surface area contributed by atoms with Crippen LogP contribution in [0.5, 0.6) is 0 Å². The van der Waals surface area contributed by atoms with Gasteiger partial charge in [0.1, 0.15) is 0 Å². The van der Waals surface area contributed by atoms with Crippen LogP contribution in [0.15, 0.2) is 53.0 Å². The van der Waals surface area contributed by atoms with Gasteiger partial charge >= 0.3 is 0 Å². The van der Waals surface area contributed by atoms with Gasteiger partial charge in [-0.25, -0.2) is 13.4 Å². The third-order valence-electron chi connectivity index (χ3n) is 3.33. The summed E-state index contributed by atoms with van der Waals surface area (Å²) in [4.78, 5) is 5.75. The van der Waals surface area contributed by atoms with E-state index in [1.165, 1.54) is 0 Å². The fourth-order valence-corrected chi connectivity index (χ4v) is 4.14. The second-order valence-electron chi connectivity index (χ2n) is 5.51. The number of halogens is 1. The maximum Gasteiger partial charge on any atom is 0.229 e. The number of rotatable bonds is 5. The Balaban J connectivity index is 1.82. The van der Waals surface area contributed by atoms with Crippen molar-refractivity contribution >= 4 is 53.8 Å². The first kappa shape index (κ1) is 17.9. The molecular formula is C17H16BrN3O2S2. The van der Waals surface area contributed by atoms with Crippen LogP contribution in [0.3, 0.4) is 0 Å². The van der Waals surface area contributed by atoms with Gasteiger partial charge in [0.2, 0.25) is 10.0 Å². The summed E-state index contributed by atoms with van der Waals surface area (Å²) in [7, 11) is -3.27. The Kier molecular flexibility index (Phi) is 5.12. The zero-order valence-electron chi connectivity index (χ0n) is 13.6. The fraction of sp³-hybridized carbons (Fsp3) is 0.118. The molecule has 1 heterocycles. The Morgan fingerprint density at radius 1 is 1.08 bits per heavy atom. The average Bonchev–Trinajstić information content (AvgIpc) is 2.87. The molecule has 0 saturated heterocycles. The van der Waals surface area contributed by atoms with Gasteiger partial charge in [0.05, 0.1) is 11.9 Å². The molecule has 3 rings (SSSR count). The zero-order valence-corrected chi connectivity index (χ0v) is 16.8. The van der Waals surface area contributed by atoms with Gasteiger partial charge < -0.3 is 5.32 Å². The van der Waals surface area contributed by atoms with Crippen molar-refractivity contribution in [2.45, 2.75) is 6.92 Å². The average molecular weight is 438 g/mol. The first-order valence-corrected chi connectivity index (χ1v) is 10.9. The Morgan fingerprint density at radius 3 is 2.44 bits per heavy atom. The lowest BCUT2D eigenvalue weighted by Crippen LogP contribution is -2.09. The number of aromatic nitrogens is 1. The molecule has 5 nitrogen and oxygen atoms in total. The van der Waals surface area contributed by atoms with Crippen LogP contribution >= 0.6 is 27.3 Å². The molecule has 1 aromatic heterocycles. The van der Waals surface area contributed by atoms with Crippen LogP contribution in [0.2, 0.25) is 0 Å². The van der Waals surface area contributed by atoms with Crippen LogP contribution < -0.4 is 10.0 Å². The number of nitrogens with one attached hydrogen (secondary N) is 2. The van der Waals surface area contributed by atoms with Crippen molar-refractivity contribution < 1.29 is 8.42 Å². The summed E-state index contributed by atoms with van der Waals surface area (Å²) in [5, 5.41) is 4.11. The third-order valence-corrected chi connectivity index (χ3v) is 5.32. The van der Waals surface area contributed by atoms with Crippen LogP contribution in [0.1, 0.15) is 4.88 Å². The van der Waals surface area contributed by atoms with E-state index in [1.807, 2.05) is 43.3 Å². The normalized spacial score (nSPS) is 11.3. The predicted molar refractivity (Wildman–Crippen MR) is 108 cm³/mol. The lowest BCUT2D eigenvalue weighted by atomic mass is 10.1. The minimum Gasteiger partial charge on any atom is -0.331 e. The topological polar surface area (TPSA) is 71.1 Å². The van der Waals surface area contributed by atoms with Gasteiger partial charge in [-0.1, -0.05) is 34.1 Å². The highest BCUT2D eigenvalue weighted by atomic mass is 79.9. The van der Waals surface area contributed by atoms with Crippen LogP contribution in [-0.4, -0.2) is 19.7 Å². The minimum absolute atomic E-state index is 0.534. The first-order chi connectivity index (χ1) is 11.8. The van der Waals surface area contributed by atoms with E-state index in [-0.39, 0.29) is 0 Å². The third kappa shape index (κ3) is 4.81. The number of hydrogen-bond acceptors (Lipinski definition) is 5. The molecule has 0 atom stereocenters. The summed E-state index contributed by atoms with van der Waals surface area (Å²) < 4.78 is 26.0. The minimum atomic E-state index is -3.27. The Hall–Kier alpha value is -1.90. The van der Waals surface area contributed by atoms with Gasteiger partial charge in [0.25, 0.3) is 0 Å². The maximum atomic E-state index is 11.3. The van der Waals surface area contributed by atoms with Crippen LogP contribution in [-0.2, 0) is 10.0 Å². The second kappa shape index (κ2) is 7.15. The summed E-state index contributed by atoms with van der Waals surface area (Å²) in [5.74, 6) is 0. The fourth-order valence-electron chi connectivity index (χ4n) is 2.32. The molecule has 0 amide bonds. The number of sulfonamides is 1. The SMILES string of the molecule is Cc1sc(Nc2cccc(Br)c2)nc1-c1ccc(NS(C)(=O)=O)cc1. The highest BCUT2D eigenvalue weighted by Gasteiger charge is 2.11. The zero-order chi connectivity index (χ0) is 18.0. The largest absolute Gasteiger partial charge is 0.331 e. The van der Waals surface area contributed by atoms with Gasteiger partial charge in [-0.3, -0.25) is 4.72 Å². The summed E-state index contributed by atoms with van der Waals surface area (Å²) in [6, 6.07) is 15.1. The summed E-state index contributed by atoms with van der Waals surface area (Å²) >= 11 is 5.03. The molecule has 2 N–H and O–H groups in total. The standard InChI is InChI=1S/C17H16BrN3O2S2/c1-11-16(12-6-8-14(9-7-12)21-25(2,22)23)20-17(24-11)19-15-5-3-4-13(18)10-15/h3-10,21H,1-2H3,(H,19,20). The van der Waals surface area contributed by atoms with E-state index in [0.717, 1.165) is 37.7 Å². The number of thiazole rings is 1. The van der Waals surface area contributed by atoms with E-state index >= 15 is 0 Å². The number of hydrogen-bond donors (Lipinski definition) is 2. The van der Waals surface area contributed by atoms with Gasteiger partial charge in [-0.05, 0) is 37.3 Å². The van der Waals surface area contributed by atoms with Crippen molar-refractivity contribution in [3.8, 4) is 11.3 Å². The summed E-state index contributed by atoms with van der Waals surface area (Å²) in [6.07, 6.45) is 1.13. The summed E-state index contributed by atoms with van der Waals surface area (Å²) in [6.45, 7) is 2.02. The molecule has 130 valence electrons. The molecule has 8 heteroatoms. The van der Waals surface area contributed by atoms with Gasteiger partial charge in [0.15, 0.2) is 5.13 Å². The molecule has 0 fully saturated rings. The van der Waals surface area contributed by atoms with Gasteiger partial charge in [-0.15, -0.1) is 11.3 Å². The molecule has 25 heavy (non-hydrogen) atoms. The van der Waals surface area contributed by atoms with Crippen molar-refractivity contribution in [1.29, 1.82) is 0 Å². The molecule has 0 unspecified atom stereocenters. The van der Waals surface area contributed by atoms with E-state index in [4.69, 9.17) is 0 Å². The first-order valence-electron chi connectivity index (χ1n) is 7.38. The quantitative estimate of drug-likeness (QED) is 0.589. The molecule has 0 spiro atoms. The van der Waals surface area contributed by atoms with Crippen molar-refractivity contribution in [3.05, 3.63) is 57.9 Å². The monoisotopic (exact) mass is 437 g/mol. The number of aryl methyl sites for hydroxylation is 1. The Labute approximate surface area is 159 Å². The van der Waals surface area contributed by atoms with Crippen LogP contribution in [0.25, 0.3) is 11.3 Å². The van der Waals surface area contributed by atoms with E-state index in [0.29, 0.717) is 5.69 Å². The molecule has 0 aliphatic carbocycles. The maximum absolute atomic E-state index is 11.3. The molecule has 0 aliphatic rings. The molecule has 0 radical (unpaired) electrons. The lowest BCUT2D eigenvalue weighted by Gasteiger charge is -2.05. The second-order valence-corrected chi connectivity index (χ2v) is 9.38. The molecular weight excluding hydrogens is 422 g/mol. The molecule has 3 aromatic rings. The van der Waals surface area contributed by atoms with E-state index in [1.54, 1.807) is 23.5 Å². The number of anilines is 3. The number of benzene rings is 2. The van der Waals surface area contributed by atoms with Crippen molar-refractivity contribution in [2.75, 3.05) is 16.3 Å². The van der Waals surface area contributed by atoms with Crippen LogP contribution in [0, 0.1) is 6.92 Å². The lowest BCUT2D eigenvalue weighted by molar-refractivity contribution is 0.607.